The summed E-state index contributed by atoms with van der Waals surface area (Å²) in [6.07, 6.45) is 0. The van der Waals surface area contributed by atoms with E-state index in [0.29, 0.717) is 12.2 Å². The van der Waals surface area contributed by atoms with Crippen LogP contribution in [-0.2, 0) is 9.59 Å². The molecule has 150 valence electrons. The Balaban J connectivity index is 1.69. The van der Waals surface area contributed by atoms with Gasteiger partial charge in [0.05, 0.1) is 17.2 Å². The smallest absolute Gasteiger partial charge is 0.313 e. The monoisotopic (exact) mass is 390 g/mol. The molecule has 0 spiro atoms. The lowest BCUT2D eigenvalue weighted by Crippen LogP contribution is -2.40. The quantitative estimate of drug-likeness (QED) is 0.656. The van der Waals surface area contributed by atoms with E-state index < -0.39 is 11.8 Å². The largest absolute Gasteiger partial charge is 0.346 e. The Hall–Kier alpha value is -3.25. The number of fused-ring (bicyclic) bond motifs is 1. The van der Waals surface area contributed by atoms with Gasteiger partial charge in [0.2, 0.25) is 0 Å². The number of amides is 2. The van der Waals surface area contributed by atoms with Gasteiger partial charge in [-0.3, -0.25) is 14.6 Å². The van der Waals surface area contributed by atoms with Crippen molar-refractivity contribution in [1.29, 1.82) is 0 Å². The number of para-hydroxylation sites is 1. The van der Waals surface area contributed by atoms with Crippen molar-refractivity contribution in [2.75, 3.05) is 26.0 Å². The number of likely N-dealkylation sites (N-methyl/N-ethyl adjacent to an activating group) is 1. The van der Waals surface area contributed by atoms with E-state index >= 15 is 0 Å². The fourth-order valence-electron chi connectivity index (χ4n) is 3.25. The first-order valence-corrected chi connectivity index (χ1v) is 9.53. The van der Waals surface area contributed by atoms with Crippen LogP contribution in [0, 0.1) is 13.8 Å². The van der Waals surface area contributed by atoms with Gasteiger partial charge in [-0.15, -0.1) is 0 Å². The lowest BCUT2D eigenvalue weighted by molar-refractivity contribution is -0.136. The summed E-state index contributed by atoms with van der Waals surface area (Å²) in [6.45, 7) is 4.22. The third-order valence-electron chi connectivity index (χ3n) is 4.84. The topological polar surface area (TPSA) is 74.3 Å². The van der Waals surface area contributed by atoms with Gasteiger partial charge in [-0.1, -0.05) is 48.0 Å². The fraction of sp³-hybridized carbons (Fsp3) is 0.261. The predicted octanol–water partition coefficient (Wildman–Crippen LogP) is 3.21. The summed E-state index contributed by atoms with van der Waals surface area (Å²) in [7, 11) is 3.89. The van der Waals surface area contributed by atoms with Crippen LogP contribution in [-0.4, -0.2) is 42.3 Å². The standard InChI is InChI=1S/C23H26N4O2/c1-15-9-11-17(12-10-15)21(27(3)4)14-24-22(28)23(29)26-20-13-16(2)25-19-8-6-5-7-18(19)20/h5-13,21H,14H2,1-4H3,(H,24,28)(H,25,26,29). The number of aryl methyl sites for hydroxylation is 2. The van der Waals surface area contributed by atoms with Crippen LogP contribution in [0.2, 0.25) is 0 Å². The maximum absolute atomic E-state index is 12.5. The van der Waals surface area contributed by atoms with E-state index in [0.717, 1.165) is 22.2 Å². The van der Waals surface area contributed by atoms with Gasteiger partial charge in [0.25, 0.3) is 0 Å². The van der Waals surface area contributed by atoms with Gasteiger partial charge in [0.1, 0.15) is 0 Å². The zero-order chi connectivity index (χ0) is 21.0. The first-order chi connectivity index (χ1) is 13.8. The summed E-state index contributed by atoms with van der Waals surface area (Å²) in [5.74, 6) is -1.36. The average molecular weight is 390 g/mol. The average Bonchev–Trinajstić information content (AvgIpc) is 2.68. The van der Waals surface area contributed by atoms with Gasteiger partial charge in [-0.2, -0.15) is 0 Å². The Kier molecular flexibility index (Phi) is 6.24. The SMILES string of the molecule is Cc1ccc(C(CNC(=O)C(=O)Nc2cc(C)nc3ccccc23)N(C)C)cc1. The van der Waals surface area contributed by atoms with E-state index in [-0.39, 0.29) is 6.04 Å². The molecule has 1 aromatic heterocycles. The second-order valence-corrected chi connectivity index (χ2v) is 7.38. The Morgan fingerprint density at radius 3 is 2.38 bits per heavy atom. The minimum atomic E-state index is -0.692. The summed E-state index contributed by atoms with van der Waals surface area (Å²) in [5.41, 5.74) is 4.38. The van der Waals surface area contributed by atoms with E-state index in [1.807, 2.05) is 81.4 Å². The van der Waals surface area contributed by atoms with Gasteiger partial charge in [-0.25, -0.2) is 0 Å². The number of rotatable bonds is 5. The highest BCUT2D eigenvalue weighted by Gasteiger charge is 2.19. The number of nitrogens with zero attached hydrogens (tertiary/aromatic N) is 2. The minimum absolute atomic E-state index is 0.0312. The molecule has 0 saturated heterocycles. The molecule has 2 N–H and O–H groups in total. The molecule has 3 rings (SSSR count). The van der Waals surface area contributed by atoms with Crippen LogP contribution in [0.3, 0.4) is 0 Å². The fourth-order valence-corrected chi connectivity index (χ4v) is 3.25. The molecule has 2 aromatic carbocycles. The number of nitrogens with one attached hydrogen (secondary N) is 2. The lowest BCUT2D eigenvalue weighted by atomic mass is 10.0. The van der Waals surface area contributed by atoms with Crippen molar-refractivity contribution in [3.8, 4) is 0 Å². The Morgan fingerprint density at radius 1 is 1.00 bits per heavy atom. The molecule has 0 aliphatic rings. The summed E-state index contributed by atoms with van der Waals surface area (Å²) in [5, 5.41) is 6.27. The molecule has 0 bridgehead atoms. The van der Waals surface area contributed by atoms with Crippen molar-refractivity contribution in [2.24, 2.45) is 0 Å². The summed E-state index contributed by atoms with van der Waals surface area (Å²) in [4.78, 5) is 31.4. The highest BCUT2D eigenvalue weighted by Crippen LogP contribution is 2.23. The first kappa shape index (κ1) is 20.5. The van der Waals surface area contributed by atoms with Crippen LogP contribution in [0.15, 0.2) is 54.6 Å². The van der Waals surface area contributed by atoms with Crippen molar-refractivity contribution in [1.82, 2.24) is 15.2 Å². The predicted molar refractivity (Wildman–Crippen MR) is 116 cm³/mol. The molecule has 0 aliphatic heterocycles. The maximum atomic E-state index is 12.5. The summed E-state index contributed by atoms with van der Waals surface area (Å²) < 4.78 is 0. The third kappa shape index (κ3) is 4.97. The number of hydrogen-bond donors (Lipinski definition) is 2. The number of benzene rings is 2. The molecule has 1 atom stereocenters. The molecule has 2 amide bonds. The molecule has 0 radical (unpaired) electrons. The second-order valence-electron chi connectivity index (χ2n) is 7.38. The van der Waals surface area contributed by atoms with Crippen molar-refractivity contribution in [3.63, 3.8) is 0 Å². The van der Waals surface area contributed by atoms with Crippen molar-refractivity contribution in [2.45, 2.75) is 19.9 Å². The second kappa shape index (κ2) is 8.84. The number of anilines is 1. The molecular formula is C23H26N4O2. The van der Waals surface area contributed by atoms with Crippen LogP contribution >= 0.6 is 0 Å². The summed E-state index contributed by atoms with van der Waals surface area (Å²) in [6, 6.07) is 17.4. The molecule has 0 saturated carbocycles. The van der Waals surface area contributed by atoms with E-state index in [9.17, 15) is 9.59 Å². The highest BCUT2D eigenvalue weighted by atomic mass is 16.2. The van der Waals surface area contributed by atoms with E-state index in [4.69, 9.17) is 0 Å². The molecule has 29 heavy (non-hydrogen) atoms. The molecule has 0 fully saturated rings. The number of hydrogen-bond acceptors (Lipinski definition) is 4. The molecule has 1 heterocycles. The van der Waals surface area contributed by atoms with Gasteiger partial charge in [-0.05, 0) is 45.6 Å². The van der Waals surface area contributed by atoms with Gasteiger partial charge in [0.15, 0.2) is 0 Å². The van der Waals surface area contributed by atoms with Gasteiger partial charge < -0.3 is 15.5 Å². The Labute approximate surface area is 170 Å². The molecular weight excluding hydrogens is 364 g/mol. The zero-order valence-electron chi connectivity index (χ0n) is 17.2. The number of aromatic nitrogens is 1. The van der Waals surface area contributed by atoms with Crippen LogP contribution in [0.4, 0.5) is 5.69 Å². The van der Waals surface area contributed by atoms with E-state index in [1.165, 1.54) is 5.56 Å². The van der Waals surface area contributed by atoms with Crippen molar-refractivity contribution < 1.29 is 9.59 Å². The van der Waals surface area contributed by atoms with Crippen molar-refractivity contribution in [3.05, 3.63) is 71.4 Å². The van der Waals surface area contributed by atoms with Gasteiger partial charge in [0, 0.05) is 17.6 Å². The highest BCUT2D eigenvalue weighted by molar-refractivity contribution is 6.40. The van der Waals surface area contributed by atoms with Crippen LogP contribution in [0.1, 0.15) is 22.9 Å². The Bertz CT molecular complexity index is 1030. The number of pyridine rings is 1. The van der Waals surface area contributed by atoms with E-state index in [2.05, 4.69) is 15.6 Å². The minimum Gasteiger partial charge on any atom is -0.346 e. The first-order valence-electron chi connectivity index (χ1n) is 9.53. The summed E-state index contributed by atoms with van der Waals surface area (Å²) >= 11 is 0. The molecule has 0 aliphatic carbocycles. The zero-order valence-corrected chi connectivity index (χ0v) is 17.2. The number of carbonyl (C=O) groups excluding carboxylic acids is 2. The normalized spacial score (nSPS) is 12.0. The maximum Gasteiger partial charge on any atom is 0.313 e. The molecule has 6 heteroatoms. The molecule has 6 nitrogen and oxygen atoms in total. The Morgan fingerprint density at radius 2 is 1.69 bits per heavy atom. The third-order valence-corrected chi connectivity index (χ3v) is 4.84. The molecule has 3 aromatic rings. The van der Waals surface area contributed by atoms with Crippen LogP contribution in [0.5, 0.6) is 0 Å². The van der Waals surface area contributed by atoms with Gasteiger partial charge >= 0.3 is 11.8 Å². The van der Waals surface area contributed by atoms with Crippen LogP contribution in [0.25, 0.3) is 10.9 Å². The number of carbonyl (C=O) groups is 2. The molecule has 1 unspecified atom stereocenters. The van der Waals surface area contributed by atoms with Crippen LogP contribution < -0.4 is 10.6 Å². The lowest BCUT2D eigenvalue weighted by Gasteiger charge is -2.25. The van der Waals surface area contributed by atoms with Crippen molar-refractivity contribution >= 4 is 28.4 Å². The van der Waals surface area contributed by atoms with E-state index in [1.54, 1.807) is 6.07 Å².